The number of halogens is 1. The van der Waals surface area contributed by atoms with Crippen molar-refractivity contribution < 1.29 is 4.84 Å². The maximum absolute atomic E-state index is 6.23. The van der Waals surface area contributed by atoms with Gasteiger partial charge in [0.15, 0.2) is 0 Å². The van der Waals surface area contributed by atoms with Crippen LogP contribution in [0.5, 0.6) is 0 Å². The van der Waals surface area contributed by atoms with Gasteiger partial charge in [-0.2, -0.15) is 5.06 Å². The van der Waals surface area contributed by atoms with Crippen molar-refractivity contribution in [1.82, 2.24) is 5.06 Å². The van der Waals surface area contributed by atoms with Crippen molar-refractivity contribution >= 4 is 15.9 Å². The molecule has 4 heteroatoms. The fraction of sp³-hybridized carbons (Fsp3) is 0.333. The summed E-state index contributed by atoms with van der Waals surface area (Å²) in [6.07, 6.45) is 0.833. The third-order valence-corrected chi connectivity index (χ3v) is 4.56. The molecule has 3 nitrogen and oxygen atoms in total. The zero-order valence-electron chi connectivity index (χ0n) is 12.8. The van der Waals surface area contributed by atoms with Crippen LogP contribution in [0.15, 0.2) is 46.9 Å². The van der Waals surface area contributed by atoms with E-state index < -0.39 is 0 Å². The average molecular weight is 361 g/mol. The molecule has 0 spiro atoms. The Bertz CT molecular complexity index is 634. The summed E-state index contributed by atoms with van der Waals surface area (Å²) in [5.74, 6) is 0. The van der Waals surface area contributed by atoms with Gasteiger partial charge in [0.1, 0.15) is 0 Å². The minimum Gasteiger partial charge on any atom is -0.325 e. The summed E-state index contributed by atoms with van der Waals surface area (Å²) >= 11 is 3.49. The normalized spacial score (nSPS) is 15.8. The molecular weight excluding hydrogens is 340 g/mol. The average Bonchev–Trinajstić information content (AvgIpc) is 2.91. The van der Waals surface area contributed by atoms with E-state index in [1.54, 1.807) is 0 Å². The van der Waals surface area contributed by atoms with E-state index in [1.807, 2.05) is 5.06 Å². The number of rotatable bonds is 5. The number of benzene rings is 2. The smallest absolute Gasteiger partial charge is 0.0839 e. The lowest BCUT2D eigenvalue weighted by molar-refractivity contribution is -0.169. The highest BCUT2D eigenvalue weighted by Gasteiger charge is 2.19. The first-order chi connectivity index (χ1) is 10.6. The quantitative estimate of drug-likeness (QED) is 0.885. The van der Waals surface area contributed by atoms with Gasteiger partial charge in [0.2, 0.25) is 0 Å². The highest BCUT2D eigenvalue weighted by Crippen LogP contribution is 2.22. The molecule has 1 heterocycles. The minimum atomic E-state index is 0.00332. The lowest BCUT2D eigenvalue weighted by atomic mass is 10.0. The third kappa shape index (κ3) is 3.76. The largest absolute Gasteiger partial charge is 0.325 e. The monoisotopic (exact) mass is 360 g/mol. The Morgan fingerprint density at radius 3 is 2.50 bits per heavy atom. The molecule has 2 aromatic rings. The molecule has 22 heavy (non-hydrogen) atoms. The second kappa shape index (κ2) is 6.92. The van der Waals surface area contributed by atoms with Gasteiger partial charge in [-0.3, -0.25) is 4.84 Å². The zero-order chi connectivity index (χ0) is 15.5. The molecule has 2 aromatic carbocycles. The third-order valence-electron chi connectivity index (χ3n) is 4.07. The van der Waals surface area contributed by atoms with Crippen molar-refractivity contribution in [3.05, 3.63) is 69.2 Å². The predicted octanol–water partition coefficient (Wildman–Crippen LogP) is 3.57. The molecule has 1 aliphatic rings. The first-order valence-corrected chi connectivity index (χ1v) is 8.36. The maximum Gasteiger partial charge on any atom is 0.0839 e. The molecule has 0 saturated carbocycles. The number of nitrogens with zero attached hydrogens (tertiary/aromatic N) is 1. The summed E-state index contributed by atoms with van der Waals surface area (Å²) in [5, 5.41) is 2.00. The Hall–Kier alpha value is -1.20. The van der Waals surface area contributed by atoms with Crippen LogP contribution in [0.3, 0.4) is 0 Å². The van der Waals surface area contributed by atoms with E-state index in [0.29, 0.717) is 6.61 Å². The van der Waals surface area contributed by atoms with Crippen molar-refractivity contribution in [2.45, 2.75) is 32.5 Å². The second-order valence-electron chi connectivity index (χ2n) is 5.90. The van der Waals surface area contributed by atoms with E-state index in [1.165, 1.54) is 22.3 Å². The predicted molar refractivity (Wildman–Crippen MR) is 92.2 cm³/mol. The number of nitrogens with two attached hydrogens (primary N) is 1. The van der Waals surface area contributed by atoms with Gasteiger partial charge in [0.25, 0.3) is 0 Å². The van der Waals surface area contributed by atoms with E-state index >= 15 is 0 Å². The molecule has 0 radical (unpaired) electrons. The van der Waals surface area contributed by atoms with Crippen LogP contribution in [-0.2, 0) is 24.3 Å². The Labute approximate surface area is 140 Å². The molecule has 116 valence electrons. The van der Waals surface area contributed by atoms with Crippen molar-refractivity contribution in [1.29, 1.82) is 0 Å². The molecule has 0 amide bonds. The molecule has 0 fully saturated rings. The highest BCUT2D eigenvalue weighted by atomic mass is 79.9. The summed E-state index contributed by atoms with van der Waals surface area (Å²) in [7, 11) is 0. The van der Waals surface area contributed by atoms with Crippen LogP contribution in [-0.4, -0.2) is 17.7 Å². The molecule has 0 bridgehead atoms. The standard InChI is InChI=1S/C18H21BrN2O/c1-13-8-17(19)7-6-14(13)9-18(20)12-22-21-10-15-4-2-3-5-16(15)11-21/h2-8,18H,9-12,20H2,1H3. The zero-order valence-corrected chi connectivity index (χ0v) is 14.3. The van der Waals surface area contributed by atoms with Crippen LogP contribution in [0.4, 0.5) is 0 Å². The van der Waals surface area contributed by atoms with Crippen LogP contribution >= 0.6 is 15.9 Å². The van der Waals surface area contributed by atoms with Gasteiger partial charge in [-0.05, 0) is 47.7 Å². The Morgan fingerprint density at radius 2 is 1.86 bits per heavy atom. The molecule has 0 aliphatic carbocycles. The van der Waals surface area contributed by atoms with Crippen LogP contribution in [0.2, 0.25) is 0 Å². The van der Waals surface area contributed by atoms with E-state index in [9.17, 15) is 0 Å². The van der Waals surface area contributed by atoms with Crippen LogP contribution in [0, 0.1) is 6.92 Å². The van der Waals surface area contributed by atoms with E-state index in [-0.39, 0.29) is 6.04 Å². The van der Waals surface area contributed by atoms with E-state index in [2.05, 4.69) is 65.3 Å². The number of fused-ring (bicyclic) bond motifs is 1. The van der Waals surface area contributed by atoms with Crippen LogP contribution in [0.1, 0.15) is 22.3 Å². The maximum atomic E-state index is 6.23. The van der Waals surface area contributed by atoms with E-state index in [0.717, 1.165) is 24.0 Å². The number of aryl methyl sites for hydroxylation is 1. The number of hydrogen-bond acceptors (Lipinski definition) is 3. The molecule has 1 atom stereocenters. The van der Waals surface area contributed by atoms with E-state index in [4.69, 9.17) is 10.6 Å². The Morgan fingerprint density at radius 1 is 1.18 bits per heavy atom. The summed E-state index contributed by atoms with van der Waals surface area (Å²) in [4.78, 5) is 5.88. The molecule has 0 saturated heterocycles. The fourth-order valence-corrected chi connectivity index (χ4v) is 3.30. The lowest BCUT2D eigenvalue weighted by Gasteiger charge is -2.19. The fourth-order valence-electron chi connectivity index (χ4n) is 2.82. The first-order valence-electron chi connectivity index (χ1n) is 7.57. The summed E-state index contributed by atoms with van der Waals surface area (Å²) < 4.78 is 1.11. The molecule has 1 unspecified atom stereocenters. The van der Waals surface area contributed by atoms with Gasteiger partial charge in [-0.25, -0.2) is 0 Å². The van der Waals surface area contributed by atoms with Crippen molar-refractivity contribution in [2.24, 2.45) is 5.73 Å². The van der Waals surface area contributed by atoms with Gasteiger partial charge >= 0.3 is 0 Å². The van der Waals surface area contributed by atoms with Crippen molar-refractivity contribution in [3.63, 3.8) is 0 Å². The van der Waals surface area contributed by atoms with Crippen LogP contribution in [0.25, 0.3) is 0 Å². The van der Waals surface area contributed by atoms with Gasteiger partial charge < -0.3 is 5.73 Å². The molecule has 0 aromatic heterocycles. The molecule has 1 aliphatic heterocycles. The highest BCUT2D eigenvalue weighted by molar-refractivity contribution is 9.10. The Kier molecular flexibility index (Phi) is 4.93. The SMILES string of the molecule is Cc1cc(Br)ccc1CC(N)CON1Cc2ccccc2C1. The van der Waals surface area contributed by atoms with Gasteiger partial charge in [0, 0.05) is 23.6 Å². The van der Waals surface area contributed by atoms with Gasteiger partial charge in [-0.1, -0.05) is 46.3 Å². The number of hydroxylamine groups is 2. The minimum absolute atomic E-state index is 0.00332. The summed E-state index contributed by atoms with van der Waals surface area (Å²) in [6, 6.07) is 14.8. The molecule has 2 N–H and O–H groups in total. The Balaban J connectivity index is 1.50. The van der Waals surface area contributed by atoms with Crippen molar-refractivity contribution in [2.75, 3.05) is 6.61 Å². The van der Waals surface area contributed by atoms with Crippen molar-refractivity contribution in [3.8, 4) is 0 Å². The second-order valence-corrected chi connectivity index (χ2v) is 6.81. The summed E-state index contributed by atoms with van der Waals surface area (Å²) in [5.41, 5.74) is 11.5. The topological polar surface area (TPSA) is 38.5 Å². The lowest BCUT2D eigenvalue weighted by Crippen LogP contribution is -2.32. The van der Waals surface area contributed by atoms with Gasteiger partial charge in [-0.15, -0.1) is 0 Å². The van der Waals surface area contributed by atoms with Crippen LogP contribution < -0.4 is 5.73 Å². The first kappa shape index (κ1) is 15.7. The summed E-state index contributed by atoms with van der Waals surface area (Å²) in [6.45, 7) is 4.36. The molecule has 3 rings (SSSR count). The number of hydrogen-bond donors (Lipinski definition) is 1. The molecular formula is C18H21BrN2O. The van der Waals surface area contributed by atoms with Gasteiger partial charge in [0.05, 0.1) is 6.61 Å².